The number of nitrogens with one attached hydrogen (secondary N) is 1. The Morgan fingerprint density at radius 3 is 2.43 bits per heavy atom. The summed E-state index contributed by atoms with van der Waals surface area (Å²) < 4.78 is 38.5. The van der Waals surface area contributed by atoms with Gasteiger partial charge in [0.1, 0.15) is 5.82 Å². The zero-order valence-corrected chi connectivity index (χ0v) is 15.3. The number of anilines is 1. The molecular formula is C22H22F3N3. The molecule has 2 aliphatic heterocycles. The number of hydrogen-bond donors (Lipinski definition) is 2. The Balaban J connectivity index is 1.54. The molecule has 0 radical (unpaired) electrons. The van der Waals surface area contributed by atoms with E-state index in [0.717, 1.165) is 37.1 Å². The Morgan fingerprint density at radius 2 is 1.75 bits per heavy atom. The van der Waals surface area contributed by atoms with Gasteiger partial charge in [-0.25, -0.2) is 0 Å². The lowest BCUT2D eigenvalue weighted by atomic mass is 9.88. The highest BCUT2D eigenvalue weighted by atomic mass is 19.4. The van der Waals surface area contributed by atoms with Crippen LogP contribution in [0.4, 0.5) is 18.9 Å². The van der Waals surface area contributed by atoms with Crippen LogP contribution < -0.4 is 16.0 Å². The standard InChI is InChI=1S/C22H22F3N3/c23-22(24,25)17-6-8-19(9-7-17)28-11-10-16-14-27-18(13-20(16)21(28)26)12-15-4-2-1-3-5-15/h1-10,18,27H,11-14,26H2. The second-order valence-electron chi connectivity index (χ2n) is 7.22. The summed E-state index contributed by atoms with van der Waals surface area (Å²) in [6.07, 6.45) is -0.527. The fourth-order valence-corrected chi connectivity index (χ4v) is 3.86. The van der Waals surface area contributed by atoms with E-state index in [1.165, 1.54) is 23.3 Å². The monoisotopic (exact) mass is 385 g/mol. The van der Waals surface area contributed by atoms with Crippen molar-refractivity contribution in [1.82, 2.24) is 5.32 Å². The van der Waals surface area contributed by atoms with Gasteiger partial charge >= 0.3 is 6.18 Å². The fraction of sp³-hybridized carbons (Fsp3) is 0.273. The lowest BCUT2D eigenvalue weighted by molar-refractivity contribution is -0.137. The molecule has 1 saturated heterocycles. The molecule has 1 atom stereocenters. The Hall–Kier alpha value is -2.73. The van der Waals surface area contributed by atoms with Gasteiger partial charge in [0, 0.05) is 24.8 Å². The fourth-order valence-electron chi connectivity index (χ4n) is 3.86. The molecule has 3 nitrogen and oxygen atoms in total. The van der Waals surface area contributed by atoms with Crippen molar-refractivity contribution >= 4 is 5.69 Å². The summed E-state index contributed by atoms with van der Waals surface area (Å²) >= 11 is 0. The van der Waals surface area contributed by atoms with Crippen molar-refractivity contribution in [2.45, 2.75) is 25.1 Å². The summed E-state index contributed by atoms with van der Waals surface area (Å²) in [5.74, 6) is 0.636. The van der Waals surface area contributed by atoms with Crippen LogP contribution in [0, 0.1) is 0 Å². The number of fused-ring (bicyclic) bond motifs is 1. The number of halogens is 3. The molecular weight excluding hydrogens is 363 g/mol. The lowest BCUT2D eigenvalue weighted by Crippen LogP contribution is -2.43. The van der Waals surface area contributed by atoms with Crippen LogP contribution >= 0.6 is 0 Å². The lowest BCUT2D eigenvalue weighted by Gasteiger charge is -2.36. The Labute approximate surface area is 162 Å². The predicted molar refractivity (Wildman–Crippen MR) is 105 cm³/mol. The van der Waals surface area contributed by atoms with Crippen LogP contribution in [-0.2, 0) is 12.6 Å². The quantitative estimate of drug-likeness (QED) is 0.831. The molecule has 2 aromatic rings. The van der Waals surface area contributed by atoms with Crippen LogP contribution in [0.25, 0.3) is 0 Å². The Morgan fingerprint density at radius 1 is 1.04 bits per heavy atom. The van der Waals surface area contributed by atoms with Gasteiger partial charge in [-0.15, -0.1) is 0 Å². The van der Waals surface area contributed by atoms with E-state index in [-0.39, 0.29) is 6.04 Å². The molecule has 4 rings (SSSR count). The minimum Gasteiger partial charge on any atom is -0.385 e. The zero-order chi connectivity index (χ0) is 19.7. The van der Waals surface area contributed by atoms with Crippen molar-refractivity contribution in [2.24, 2.45) is 5.73 Å². The summed E-state index contributed by atoms with van der Waals surface area (Å²) in [5, 5.41) is 3.56. The molecule has 6 heteroatoms. The van der Waals surface area contributed by atoms with Crippen molar-refractivity contribution in [2.75, 3.05) is 18.0 Å². The van der Waals surface area contributed by atoms with E-state index in [4.69, 9.17) is 5.73 Å². The normalized spacial score (nSPS) is 20.0. The highest BCUT2D eigenvalue weighted by Crippen LogP contribution is 2.34. The molecule has 2 aliphatic rings. The predicted octanol–water partition coefficient (Wildman–Crippen LogP) is 4.23. The third-order valence-electron chi connectivity index (χ3n) is 5.37. The number of hydrogen-bond acceptors (Lipinski definition) is 3. The van der Waals surface area contributed by atoms with Crippen LogP contribution in [0.3, 0.4) is 0 Å². The molecule has 3 N–H and O–H groups in total. The zero-order valence-electron chi connectivity index (χ0n) is 15.3. The molecule has 0 bridgehead atoms. The summed E-state index contributed by atoms with van der Waals surface area (Å²) in [6, 6.07) is 15.7. The van der Waals surface area contributed by atoms with Crippen LogP contribution in [0.15, 0.2) is 77.6 Å². The average molecular weight is 385 g/mol. The van der Waals surface area contributed by atoms with E-state index in [1.807, 2.05) is 23.1 Å². The number of benzene rings is 2. The highest BCUT2D eigenvalue weighted by molar-refractivity contribution is 5.59. The summed E-state index contributed by atoms with van der Waals surface area (Å²) in [7, 11) is 0. The first kappa shape index (κ1) is 18.6. The topological polar surface area (TPSA) is 41.3 Å². The molecule has 0 aliphatic carbocycles. The van der Waals surface area contributed by atoms with Crippen LogP contribution in [0.5, 0.6) is 0 Å². The van der Waals surface area contributed by atoms with Crippen molar-refractivity contribution in [3.63, 3.8) is 0 Å². The SMILES string of the molecule is NC1=C2CC(Cc3ccccc3)NCC2=CCN1c1ccc(C(F)(F)F)cc1. The summed E-state index contributed by atoms with van der Waals surface area (Å²) in [5.41, 5.74) is 10.0. The van der Waals surface area contributed by atoms with E-state index < -0.39 is 11.7 Å². The van der Waals surface area contributed by atoms with Crippen molar-refractivity contribution in [3.05, 3.63) is 88.8 Å². The number of rotatable bonds is 3. The van der Waals surface area contributed by atoms with Gasteiger partial charge in [-0.3, -0.25) is 0 Å². The van der Waals surface area contributed by atoms with Crippen molar-refractivity contribution < 1.29 is 13.2 Å². The molecule has 0 amide bonds. The third kappa shape index (κ3) is 3.78. The van der Waals surface area contributed by atoms with Gasteiger partial charge in [0.05, 0.1) is 5.56 Å². The van der Waals surface area contributed by atoms with Gasteiger partial charge < -0.3 is 16.0 Å². The molecule has 146 valence electrons. The van der Waals surface area contributed by atoms with Crippen LogP contribution in [0.1, 0.15) is 17.5 Å². The van der Waals surface area contributed by atoms with Gasteiger partial charge in [-0.05, 0) is 53.8 Å². The maximum atomic E-state index is 12.8. The van der Waals surface area contributed by atoms with Gasteiger partial charge in [-0.2, -0.15) is 13.2 Å². The average Bonchev–Trinajstić information content (AvgIpc) is 2.69. The number of alkyl halides is 3. The van der Waals surface area contributed by atoms with E-state index in [9.17, 15) is 13.2 Å². The van der Waals surface area contributed by atoms with Crippen molar-refractivity contribution in [1.29, 1.82) is 0 Å². The highest BCUT2D eigenvalue weighted by Gasteiger charge is 2.31. The van der Waals surface area contributed by atoms with E-state index in [2.05, 4.69) is 23.5 Å². The number of piperidine rings is 1. The molecule has 0 spiro atoms. The van der Waals surface area contributed by atoms with Gasteiger partial charge in [0.15, 0.2) is 0 Å². The Bertz CT molecular complexity index is 899. The summed E-state index contributed by atoms with van der Waals surface area (Å²) in [4.78, 5) is 1.88. The molecule has 1 unspecified atom stereocenters. The van der Waals surface area contributed by atoms with E-state index in [1.54, 1.807) is 0 Å². The molecule has 1 fully saturated rings. The second kappa shape index (κ2) is 7.36. The first-order valence-corrected chi connectivity index (χ1v) is 9.32. The van der Waals surface area contributed by atoms with Crippen LogP contribution in [0.2, 0.25) is 0 Å². The van der Waals surface area contributed by atoms with Crippen molar-refractivity contribution in [3.8, 4) is 0 Å². The molecule has 0 aromatic heterocycles. The summed E-state index contributed by atoms with van der Waals surface area (Å²) in [6.45, 7) is 1.31. The number of nitrogens with zero attached hydrogens (tertiary/aromatic N) is 1. The van der Waals surface area contributed by atoms with Crippen LogP contribution in [-0.4, -0.2) is 19.1 Å². The third-order valence-corrected chi connectivity index (χ3v) is 5.37. The van der Waals surface area contributed by atoms with Gasteiger partial charge in [0.2, 0.25) is 0 Å². The smallest absolute Gasteiger partial charge is 0.385 e. The largest absolute Gasteiger partial charge is 0.416 e. The molecule has 28 heavy (non-hydrogen) atoms. The minimum atomic E-state index is -4.34. The van der Waals surface area contributed by atoms with E-state index >= 15 is 0 Å². The molecule has 0 saturated carbocycles. The van der Waals surface area contributed by atoms with E-state index in [0.29, 0.717) is 18.1 Å². The maximum Gasteiger partial charge on any atom is 0.416 e. The molecule has 2 heterocycles. The Kier molecular flexibility index (Phi) is 4.89. The second-order valence-corrected chi connectivity index (χ2v) is 7.22. The minimum absolute atomic E-state index is 0.278. The maximum absolute atomic E-state index is 12.8. The number of nitrogens with two attached hydrogens (primary N) is 1. The van der Waals surface area contributed by atoms with Gasteiger partial charge in [0.25, 0.3) is 0 Å². The first-order chi connectivity index (χ1) is 13.4. The first-order valence-electron chi connectivity index (χ1n) is 9.32. The molecule has 2 aromatic carbocycles. The van der Waals surface area contributed by atoms with Gasteiger partial charge in [-0.1, -0.05) is 36.4 Å².